The molecule has 2 atom stereocenters. The van der Waals surface area contributed by atoms with Gasteiger partial charge < -0.3 is 5.32 Å². The fraction of sp³-hybridized carbons (Fsp3) is 0.588. The number of nitrogens with zero attached hydrogens (tertiary/aromatic N) is 1. The van der Waals surface area contributed by atoms with Crippen LogP contribution in [-0.4, -0.2) is 36.4 Å². The second-order valence-corrected chi connectivity index (χ2v) is 6.53. The highest BCUT2D eigenvalue weighted by Gasteiger charge is 2.21. The normalized spacial score (nSPS) is 26.1. The molecular weight excluding hydrogens is 248 g/mol. The first kappa shape index (κ1) is 13.6. The number of hydrogen-bond donors (Lipinski definition) is 1. The van der Waals surface area contributed by atoms with Crippen LogP contribution >= 0.6 is 0 Å². The fourth-order valence-electron chi connectivity index (χ4n) is 3.45. The van der Waals surface area contributed by atoms with Gasteiger partial charge in [0.25, 0.3) is 0 Å². The Morgan fingerprint density at radius 3 is 3.05 bits per heavy atom. The van der Waals surface area contributed by atoms with E-state index < -0.39 is 0 Å². The molecule has 1 N–H and O–H groups in total. The number of fused-ring (bicyclic) bond motifs is 1. The molecule has 3 nitrogen and oxygen atoms in total. The van der Waals surface area contributed by atoms with Gasteiger partial charge in [-0.15, -0.1) is 0 Å². The number of piperidine rings is 1. The monoisotopic (exact) mass is 272 g/mol. The lowest BCUT2D eigenvalue weighted by molar-refractivity contribution is 0.0893. The number of benzene rings is 1. The number of carbonyl (C=O) groups is 1. The minimum absolute atomic E-state index is 0.265. The molecule has 0 aliphatic carbocycles. The summed E-state index contributed by atoms with van der Waals surface area (Å²) in [4.78, 5) is 14.7. The fourth-order valence-corrected chi connectivity index (χ4v) is 3.45. The molecule has 3 heteroatoms. The highest BCUT2D eigenvalue weighted by atomic mass is 16.1. The molecule has 3 rings (SSSR count). The largest absolute Gasteiger partial charge is 0.382 e. The van der Waals surface area contributed by atoms with Crippen molar-refractivity contribution in [3.05, 3.63) is 29.3 Å². The highest BCUT2D eigenvalue weighted by Crippen LogP contribution is 2.27. The van der Waals surface area contributed by atoms with Crippen molar-refractivity contribution in [2.75, 3.05) is 25.0 Å². The van der Waals surface area contributed by atoms with Crippen molar-refractivity contribution < 1.29 is 4.79 Å². The first-order chi connectivity index (χ1) is 9.61. The van der Waals surface area contributed by atoms with Gasteiger partial charge in [0.15, 0.2) is 5.78 Å². The average molecular weight is 272 g/mol. The lowest BCUT2D eigenvalue weighted by Crippen LogP contribution is -2.37. The average Bonchev–Trinajstić information content (AvgIpc) is 2.77. The molecule has 1 saturated heterocycles. The van der Waals surface area contributed by atoms with Crippen LogP contribution in [0.15, 0.2) is 18.2 Å². The summed E-state index contributed by atoms with van der Waals surface area (Å²) in [7, 11) is 0. The maximum atomic E-state index is 12.4. The van der Waals surface area contributed by atoms with Crippen molar-refractivity contribution >= 4 is 11.5 Å². The van der Waals surface area contributed by atoms with Crippen LogP contribution in [0.25, 0.3) is 0 Å². The molecule has 20 heavy (non-hydrogen) atoms. The van der Waals surface area contributed by atoms with Crippen LogP contribution in [0.4, 0.5) is 5.69 Å². The van der Waals surface area contributed by atoms with E-state index in [0.29, 0.717) is 12.6 Å². The standard InChI is InChI=1S/C17H24N2O/c1-12-4-3-7-19(10-12)11-17(20)14-5-6-16-15(9-14)8-13(2)18-16/h5-6,9,12-13,18H,3-4,7-8,10-11H2,1-2H3. The van der Waals surface area contributed by atoms with E-state index >= 15 is 0 Å². The van der Waals surface area contributed by atoms with Gasteiger partial charge >= 0.3 is 0 Å². The lowest BCUT2D eigenvalue weighted by Gasteiger charge is -2.30. The second-order valence-electron chi connectivity index (χ2n) is 6.53. The van der Waals surface area contributed by atoms with Crippen LogP contribution in [0.2, 0.25) is 0 Å². The molecule has 108 valence electrons. The summed E-state index contributed by atoms with van der Waals surface area (Å²) >= 11 is 0. The molecule has 1 fully saturated rings. The zero-order valence-corrected chi connectivity index (χ0v) is 12.5. The van der Waals surface area contributed by atoms with E-state index in [2.05, 4.69) is 36.2 Å². The summed E-state index contributed by atoms with van der Waals surface area (Å²) in [6.45, 7) is 7.16. The molecular formula is C17H24N2O. The third kappa shape index (κ3) is 2.88. The molecule has 1 aromatic carbocycles. The van der Waals surface area contributed by atoms with Crippen LogP contribution in [0.5, 0.6) is 0 Å². The lowest BCUT2D eigenvalue weighted by atomic mass is 9.99. The van der Waals surface area contributed by atoms with E-state index in [4.69, 9.17) is 0 Å². The Morgan fingerprint density at radius 1 is 1.40 bits per heavy atom. The summed E-state index contributed by atoms with van der Waals surface area (Å²) in [6.07, 6.45) is 3.55. The summed E-state index contributed by atoms with van der Waals surface area (Å²) in [6, 6.07) is 6.60. The number of carbonyl (C=O) groups excluding carboxylic acids is 1. The maximum absolute atomic E-state index is 12.4. The van der Waals surface area contributed by atoms with E-state index in [-0.39, 0.29) is 5.78 Å². The van der Waals surface area contributed by atoms with Gasteiger partial charge in [0.2, 0.25) is 0 Å². The molecule has 0 amide bonds. The van der Waals surface area contributed by atoms with Gasteiger partial charge in [-0.3, -0.25) is 9.69 Å². The maximum Gasteiger partial charge on any atom is 0.176 e. The molecule has 0 aromatic heterocycles. The first-order valence-electron chi connectivity index (χ1n) is 7.77. The number of nitrogens with one attached hydrogen (secondary N) is 1. The van der Waals surface area contributed by atoms with E-state index in [9.17, 15) is 4.79 Å². The molecule has 0 saturated carbocycles. The highest BCUT2D eigenvalue weighted by molar-refractivity contribution is 5.98. The Morgan fingerprint density at radius 2 is 2.25 bits per heavy atom. The zero-order chi connectivity index (χ0) is 14.1. The van der Waals surface area contributed by atoms with Gasteiger partial charge in [0.05, 0.1) is 6.54 Å². The van der Waals surface area contributed by atoms with E-state index in [1.54, 1.807) is 0 Å². The van der Waals surface area contributed by atoms with Gasteiger partial charge in [-0.25, -0.2) is 0 Å². The molecule has 2 aliphatic rings. The minimum Gasteiger partial charge on any atom is -0.382 e. The molecule has 1 aromatic rings. The molecule has 2 heterocycles. The van der Waals surface area contributed by atoms with E-state index in [1.807, 2.05) is 6.07 Å². The summed E-state index contributed by atoms with van der Waals surface area (Å²) in [5, 5.41) is 3.43. The van der Waals surface area contributed by atoms with Crippen LogP contribution in [0.1, 0.15) is 42.6 Å². The molecule has 2 unspecified atom stereocenters. The van der Waals surface area contributed by atoms with Crippen molar-refractivity contribution in [2.24, 2.45) is 5.92 Å². The first-order valence-corrected chi connectivity index (χ1v) is 7.77. The molecule has 0 radical (unpaired) electrons. The molecule has 0 spiro atoms. The Bertz CT molecular complexity index is 512. The van der Waals surface area contributed by atoms with Gasteiger partial charge in [0.1, 0.15) is 0 Å². The number of ketones is 1. The quantitative estimate of drug-likeness (QED) is 0.859. The number of Topliss-reactive ketones (excluding diaryl/α,β-unsaturated/α-hetero) is 1. The number of anilines is 1. The van der Waals surface area contributed by atoms with Crippen LogP contribution in [-0.2, 0) is 6.42 Å². The third-order valence-electron chi connectivity index (χ3n) is 4.46. The summed E-state index contributed by atoms with van der Waals surface area (Å²) in [5.74, 6) is 0.989. The van der Waals surface area contributed by atoms with Gasteiger partial charge in [-0.05, 0) is 62.4 Å². The van der Waals surface area contributed by atoms with E-state index in [0.717, 1.165) is 31.0 Å². The summed E-state index contributed by atoms with van der Waals surface area (Å²) in [5.41, 5.74) is 3.36. The van der Waals surface area contributed by atoms with E-state index in [1.165, 1.54) is 24.1 Å². The zero-order valence-electron chi connectivity index (χ0n) is 12.5. The Balaban J connectivity index is 1.67. The van der Waals surface area contributed by atoms with Crippen molar-refractivity contribution in [3.8, 4) is 0 Å². The Kier molecular flexibility index (Phi) is 3.79. The second kappa shape index (κ2) is 5.57. The van der Waals surface area contributed by atoms with Crippen LogP contribution in [0.3, 0.4) is 0 Å². The van der Waals surface area contributed by atoms with Crippen molar-refractivity contribution in [1.82, 2.24) is 4.90 Å². The predicted octanol–water partition coefficient (Wildman–Crippen LogP) is 2.96. The van der Waals surface area contributed by atoms with Crippen LogP contribution < -0.4 is 5.32 Å². The predicted molar refractivity (Wildman–Crippen MR) is 82.4 cm³/mol. The summed E-state index contributed by atoms with van der Waals surface area (Å²) < 4.78 is 0. The molecule has 0 bridgehead atoms. The van der Waals surface area contributed by atoms with Crippen molar-refractivity contribution in [2.45, 2.75) is 39.2 Å². The Hall–Kier alpha value is -1.35. The van der Waals surface area contributed by atoms with Crippen LogP contribution in [0, 0.1) is 5.92 Å². The number of likely N-dealkylation sites (tertiary alicyclic amines) is 1. The third-order valence-corrected chi connectivity index (χ3v) is 4.46. The van der Waals surface area contributed by atoms with Gasteiger partial charge in [-0.2, -0.15) is 0 Å². The molecule has 2 aliphatic heterocycles. The van der Waals surface area contributed by atoms with Gasteiger partial charge in [0, 0.05) is 23.8 Å². The van der Waals surface area contributed by atoms with Crippen molar-refractivity contribution in [3.63, 3.8) is 0 Å². The van der Waals surface area contributed by atoms with Crippen molar-refractivity contribution in [1.29, 1.82) is 0 Å². The smallest absolute Gasteiger partial charge is 0.176 e. The number of hydrogen-bond acceptors (Lipinski definition) is 3. The minimum atomic E-state index is 0.265. The number of rotatable bonds is 3. The Labute approximate surface area is 121 Å². The topological polar surface area (TPSA) is 32.3 Å². The van der Waals surface area contributed by atoms with Gasteiger partial charge in [-0.1, -0.05) is 6.92 Å². The SMILES string of the molecule is CC1CCCN(CC(=O)c2ccc3c(c2)CC(C)N3)C1.